The summed E-state index contributed by atoms with van der Waals surface area (Å²) in [6, 6.07) is -7.83. The minimum atomic E-state index is -5.20. The molecule has 0 bridgehead atoms. The third kappa shape index (κ3) is 18.4. The number of guanidine groups is 1. The number of carboxylic acid groups (broad SMARTS) is 1. The molecule has 0 spiro atoms. The third-order valence-electron chi connectivity index (χ3n) is 6.60. The molecule has 276 valence electrons. The van der Waals surface area contributed by atoms with E-state index in [4.69, 9.17) is 28.7 Å². The molecule has 22 nitrogen and oxygen atoms in total. The largest absolute Gasteiger partial charge is 0.480 e. The van der Waals surface area contributed by atoms with Gasteiger partial charge in [0, 0.05) is 13.0 Å². The Labute approximate surface area is 276 Å². The van der Waals surface area contributed by atoms with E-state index in [0.717, 1.165) is 13.8 Å². The zero-order valence-electron chi connectivity index (χ0n) is 26.7. The van der Waals surface area contributed by atoms with Crippen LogP contribution < -0.4 is 49.9 Å². The van der Waals surface area contributed by atoms with Crippen LogP contribution in [0.15, 0.2) is 4.99 Å². The van der Waals surface area contributed by atoms with Crippen molar-refractivity contribution in [2.45, 2.75) is 101 Å². The Hall–Kier alpha value is -3.92. The highest BCUT2D eigenvalue weighted by Crippen LogP contribution is 2.38. The molecule has 48 heavy (non-hydrogen) atoms. The molecule has 0 fully saturated rings. The first-order valence-corrected chi connectivity index (χ1v) is 16.4. The second-order valence-electron chi connectivity index (χ2n) is 10.8. The fraction of sp³-hybridized carbons (Fsp3) is 0.720. The van der Waals surface area contributed by atoms with Crippen LogP contribution in [-0.4, -0.2) is 117 Å². The Kier molecular flexibility index (Phi) is 20.1. The number of nitrogens with two attached hydrogens (primary N) is 5. The van der Waals surface area contributed by atoms with Gasteiger partial charge in [-0.05, 0) is 58.9 Å². The van der Waals surface area contributed by atoms with E-state index in [0.29, 0.717) is 6.42 Å². The molecule has 23 heteroatoms. The number of carboxylic acids is 1. The summed E-state index contributed by atoms with van der Waals surface area (Å²) >= 11 is 0. The van der Waals surface area contributed by atoms with Gasteiger partial charge in [-0.15, -0.1) is 0 Å². The highest BCUT2D eigenvalue weighted by Gasteiger charge is 2.36. The first-order valence-electron chi connectivity index (χ1n) is 14.9. The summed E-state index contributed by atoms with van der Waals surface area (Å²) in [4.78, 5) is 97.9. The van der Waals surface area contributed by atoms with Crippen LogP contribution in [0.3, 0.4) is 0 Å². The number of carbonyl (C=O) groups excluding carboxylic acids is 5. The van der Waals surface area contributed by atoms with Gasteiger partial charge in [0.1, 0.15) is 18.1 Å². The van der Waals surface area contributed by atoms with Gasteiger partial charge < -0.3 is 69.9 Å². The number of phosphoric acid groups is 1. The Morgan fingerprint density at radius 2 is 1.33 bits per heavy atom. The molecule has 0 radical (unpaired) electrons. The molecule has 0 unspecified atom stereocenters. The topological polar surface area (TPSA) is 400 Å². The number of aliphatic hydroxyl groups is 1. The number of hydrogen-bond donors (Lipinski definition) is 13. The lowest BCUT2D eigenvalue weighted by Gasteiger charge is -2.29. The van der Waals surface area contributed by atoms with Gasteiger partial charge in [-0.2, -0.15) is 0 Å². The molecule has 0 saturated heterocycles. The Morgan fingerprint density at radius 1 is 0.792 bits per heavy atom. The van der Waals surface area contributed by atoms with Crippen LogP contribution in [-0.2, 0) is 37.9 Å². The smallest absolute Gasteiger partial charge is 0.469 e. The molecule has 0 aromatic rings. The van der Waals surface area contributed by atoms with Crippen LogP contribution >= 0.6 is 7.82 Å². The van der Waals surface area contributed by atoms with E-state index in [1.807, 2.05) is 0 Å². The van der Waals surface area contributed by atoms with E-state index in [2.05, 4.69) is 30.8 Å². The summed E-state index contributed by atoms with van der Waals surface area (Å²) in [5.74, 6) is -6.76. The van der Waals surface area contributed by atoms with Gasteiger partial charge >= 0.3 is 13.8 Å². The predicted molar refractivity (Wildman–Crippen MR) is 169 cm³/mol. The second-order valence-corrected chi connectivity index (χ2v) is 12.0. The number of aliphatic hydroxyl groups excluding tert-OH is 1. The second kappa shape index (κ2) is 21.9. The van der Waals surface area contributed by atoms with Gasteiger partial charge in [-0.3, -0.25) is 33.5 Å². The predicted octanol–water partition coefficient (Wildman–Crippen LogP) is -5.34. The lowest BCUT2D eigenvalue weighted by molar-refractivity contribution is -0.145. The number of amides is 5. The molecule has 5 amide bonds. The number of primary amides is 1. The fourth-order valence-electron chi connectivity index (χ4n) is 4.08. The normalized spacial score (nSPS) is 15.7. The quantitative estimate of drug-likeness (QED) is 0.0192. The van der Waals surface area contributed by atoms with Gasteiger partial charge in [0.15, 0.2) is 12.0 Å². The van der Waals surface area contributed by atoms with E-state index < -0.39 is 98.6 Å². The van der Waals surface area contributed by atoms with Crippen molar-refractivity contribution in [1.82, 2.24) is 21.3 Å². The SMILES string of the molecule is C[C@@H](O)[C@H](NC(=O)[C@H](CCC(N)=O)NC(=O)[C@H](CCCCN)NC(=O)[C@@H](NC(=O)[C@@H](N)CCCN=C(N)N)[C@@H](C)OP(=O)(O)O)C(=O)O. The molecule has 0 saturated carbocycles. The Balaban J connectivity index is 6.20. The number of hydrogen-bond acceptors (Lipinski definition) is 12. The average Bonchev–Trinajstić information content (AvgIpc) is 2.96. The monoisotopic (exact) mass is 712 g/mol. The Bertz CT molecular complexity index is 1180. The molecule has 0 aliphatic rings. The zero-order chi connectivity index (χ0) is 37.2. The standard InChI is InChI=1S/C25H49N10O12P/c1-12(36)18(24(42)43)34-22(40)16(8-9-17(28)37)32-21(39)15(7-3-4-10-26)33-23(41)19(13(2)47-48(44,45)46)35-20(38)14(27)6-5-11-31-25(29)30/h12-16,18-19,36H,3-11,26-27H2,1-2H3,(H2,28,37)(H,32,39)(H,33,41)(H,34,40)(H,35,38)(H,42,43)(H4,29,30,31)(H2,44,45,46)/t12-,13-,14+,15+,16+,18+,19+/m1/s1. The summed E-state index contributed by atoms with van der Waals surface area (Å²) in [6.45, 7) is 2.52. The van der Waals surface area contributed by atoms with Crippen molar-refractivity contribution in [2.24, 2.45) is 33.7 Å². The van der Waals surface area contributed by atoms with Crippen molar-refractivity contribution in [1.29, 1.82) is 0 Å². The first kappa shape index (κ1) is 44.1. The van der Waals surface area contributed by atoms with Gasteiger partial charge in [-0.25, -0.2) is 9.36 Å². The Morgan fingerprint density at radius 3 is 1.83 bits per heavy atom. The van der Waals surface area contributed by atoms with E-state index in [1.54, 1.807) is 0 Å². The van der Waals surface area contributed by atoms with Crippen LogP contribution in [0.2, 0.25) is 0 Å². The van der Waals surface area contributed by atoms with Gasteiger partial charge in [-0.1, -0.05) is 0 Å². The minimum absolute atomic E-state index is 0.0430. The lowest BCUT2D eigenvalue weighted by Crippen LogP contribution is -2.61. The lowest BCUT2D eigenvalue weighted by atomic mass is 10.0. The van der Waals surface area contributed by atoms with Crippen LogP contribution in [0.1, 0.15) is 58.8 Å². The van der Waals surface area contributed by atoms with E-state index >= 15 is 0 Å². The maximum Gasteiger partial charge on any atom is 0.469 e. The van der Waals surface area contributed by atoms with Crippen LogP contribution in [0.4, 0.5) is 0 Å². The van der Waals surface area contributed by atoms with Gasteiger partial charge in [0.2, 0.25) is 29.5 Å². The van der Waals surface area contributed by atoms with Crippen molar-refractivity contribution in [3.05, 3.63) is 0 Å². The number of unbranched alkanes of at least 4 members (excludes halogenated alkanes) is 1. The highest BCUT2D eigenvalue weighted by molar-refractivity contribution is 7.46. The molecule has 0 aliphatic carbocycles. The maximum absolute atomic E-state index is 13.5. The molecule has 7 atom stereocenters. The van der Waals surface area contributed by atoms with Crippen LogP contribution in [0.5, 0.6) is 0 Å². The molecule has 0 heterocycles. The van der Waals surface area contributed by atoms with Crippen molar-refractivity contribution in [3.8, 4) is 0 Å². The summed E-state index contributed by atoms with van der Waals surface area (Å²) in [5.41, 5.74) is 27.1. The van der Waals surface area contributed by atoms with Crippen molar-refractivity contribution in [3.63, 3.8) is 0 Å². The highest BCUT2D eigenvalue weighted by atomic mass is 31.2. The number of nitrogens with zero attached hydrogens (tertiary/aromatic N) is 1. The maximum atomic E-state index is 13.5. The summed E-state index contributed by atoms with van der Waals surface area (Å²) in [5, 5.41) is 28.0. The van der Waals surface area contributed by atoms with Crippen LogP contribution in [0.25, 0.3) is 0 Å². The summed E-state index contributed by atoms with van der Waals surface area (Å²) in [6.07, 6.45) is -3.19. The van der Waals surface area contributed by atoms with Crippen molar-refractivity contribution in [2.75, 3.05) is 13.1 Å². The van der Waals surface area contributed by atoms with Crippen LogP contribution in [0, 0.1) is 0 Å². The van der Waals surface area contributed by atoms with E-state index in [-0.39, 0.29) is 44.7 Å². The average molecular weight is 713 g/mol. The summed E-state index contributed by atoms with van der Waals surface area (Å²) in [7, 11) is -5.20. The summed E-state index contributed by atoms with van der Waals surface area (Å²) < 4.78 is 16.2. The fourth-order valence-corrected chi connectivity index (χ4v) is 4.63. The van der Waals surface area contributed by atoms with E-state index in [9.17, 15) is 53.3 Å². The molecule has 0 rings (SSSR count). The third-order valence-corrected chi connectivity index (χ3v) is 7.20. The number of nitrogens with one attached hydrogen (secondary N) is 4. The molecule has 0 aliphatic heterocycles. The number of carbonyl (C=O) groups is 6. The first-order chi connectivity index (χ1) is 22.2. The molecular weight excluding hydrogens is 663 g/mol. The van der Waals surface area contributed by atoms with Crippen molar-refractivity contribution < 1.29 is 57.9 Å². The van der Waals surface area contributed by atoms with Crippen molar-refractivity contribution >= 4 is 49.3 Å². The minimum Gasteiger partial charge on any atom is -0.480 e. The molecule has 0 aromatic heterocycles. The van der Waals surface area contributed by atoms with Gasteiger partial charge in [0.05, 0.1) is 18.2 Å². The number of rotatable bonds is 24. The number of aliphatic imine (C=N–C) groups is 1. The van der Waals surface area contributed by atoms with E-state index in [1.165, 1.54) is 0 Å². The number of phosphoric ester groups is 1. The number of aliphatic carboxylic acids is 1. The molecule has 18 N–H and O–H groups in total. The molecule has 0 aromatic carbocycles. The molecular formula is C25H49N10O12P. The van der Waals surface area contributed by atoms with Gasteiger partial charge in [0.25, 0.3) is 0 Å². The zero-order valence-corrected chi connectivity index (χ0v) is 27.6.